The lowest BCUT2D eigenvalue weighted by Crippen LogP contribution is -2.15. The molecule has 0 N–H and O–H groups in total. The van der Waals surface area contributed by atoms with E-state index in [1.807, 2.05) is 0 Å². The van der Waals surface area contributed by atoms with Gasteiger partial charge < -0.3 is 0 Å². The van der Waals surface area contributed by atoms with Gasteiger partial charge in [-0.15, -0.1) is 0 Å². The summed E-state index contributed by atoms with van der Waals surface area (Å²) in [5, 5.41) is 0. The molecule has 0 unspecified atom stereocenters. The highest BCUT2D eigenvalue weighted by molar-refractivity contribution is 5.48. The zero-order valence-corrected chi connectivity index (χ0v) is 13.4. The Labute approximate surface area is 136 Å². The van der Waals surface area contributed by atoms with Crippen LogP contribution in [-0.2, 0) is 6.42 Å². The van der Waals surface area contributed by atoms with E-state index in [-0.39, 0.29) is 5.69 Å². The number of hydrogen-bond donors (Lipinski definition) is 0. The lowest BCUT2D eigenvalue weighted by Gasteiger charge is -2.28. The van der Waals surface area contributed by atoms with Gasteiger partial charge in [0, 0.05) is 0 Å². The molecule has 0 spiro atoms. The van der Waals surface area contributed by atoms with E-state index in [9.17, 15) is 13.2 Å². The molecule has 0 atom stereocenters. The number of rotatable bonds is 7. The number of aliphatic imine (C=N–C) groups is 1. The highest BCUT2D eigenvalue weighted by Gasteiger charge is 2.20. The first-order valence-corrected chi connectivity index (χ1v) is 8.34. The lowest BCUT2D eigenvalue weighted by atomic mass is 9.78. The molecule has 2 rings (SSSR count). The molecule has 1 aliphatic carbocycles. The van der Waals surface area contributed by atoms with Crippen LogP contribution in [0.4, 0.5) is 18.9 Å². The molecule has 0 heterocycles. The monoisotopic (exact) mass is 323 g/mol. The number of halogens is 3. The summed E-state index contributed by atoms with van der Waals surface area (Å²) in [5.74, 6) is 0.0286. The highest BCUT2D eigenvalue weighted by Crippen LogP contribution is 2.34. The lowest BCUT2D eigenvalue weighted by molar-refractivity contribution is 0.254. The SMILES string of the molecule is C=Nc1c(F)cc(CCC2CCC(CCC=CF)CC2)cc1F. The van der Waals surface area contributed by atoms with E-state index in [4.69, 9.17) is 0 Å². The van der Waals surface area contributed by atoms with Gasteiger partial charge in [0.05, 0.1) is 6.33 Å². The molecule has 0 radical (unpaired) electrons. The molecule has 0 amide bonds. The van der Waals surface area contributed by atoms with Crippen molar-refractivity contribution in [3.8, 4) is 0 Å². The van der Waals surface area contributed by atoms with Crippen LogP contribution in [0.15, 0.2) is 29.5 Å². The molecule has 1 nitrogen and oxygen atoms in total. The summed E-state index contributed by atoms with van der Waals surface area (Å²) in [4.78, 5) is 3.37. The normalized spacial score (nSPS) is 21.7. The summed E-state index contributed by atoms with van der Waals surface area (Å²) in [7, 11) is 0. The van der Waals surface area contributed by atoms with E-state index in [0.29, 0.717) is 30.1 Å². The average Bonchev–Trinajstić information content (AvgIpc) is 2.54. The van der Waals surface area contributed by atoms with Crippen molar-refractivity contribution >= 4 is 12.4 Å². The van der Waals surface area contributed by atoms with Gasteiger partial charge in [-0.05, 0) is 61.9 Å². The smallest absolute Gasteiger partial charge is 0.152 e. The Kier molecular flexibility index (Phi) is 6.87. The first kappa shape index (κ1) is 17.8. The molecular formula is C19H24F3N. The van der Waals surface area contributed by atoms with E-state index in [1.54, 1.807) is 6.08 Å². The second-order valence-electron chi connectivity index (χ2n) is 6.43. The van der Waals surface area contributed by atoms with E-state index >= 15 is 0 Å². The summed E-state index contributed by atoms with van der Waals surface area (Å²) in [6, 6.07) is 2.73. The van der Waals surface area contributed by atoms with Crippen molar-refractivity contribution in [1.82, 2.24) is 0 Å². The Hall–Kier alpha value is -1.58. The van der Waals surface area contributed by atoms with E-state index in [2.05, 4.69) is 11.7 Å². The third-order valence-corrected chi connectivity index (χ3v) is 4.87. The summed E-state index contributed by atoms with van der Waals surface area (Å²) in [6.07, 6.45) is 10.4. The zero-order chi connectivity index (χ0) is 16.7. The maximum Gasteiger partial charge on any atom is 0.152 e. The number of aryl methyl sites for hydroxylation is 1. The van der Waals surface area contributed by atoms with Crippen molar-refractivity contribution in [2.75, 3.05) is 0 Å². The molecule has 0 aliphatic heterocycles. The Balaban J connectivity index is 1.78. The Morgan fingerprint density at radius 1 is 1.04 bits per heavy atom. The minimum atomic E-state index is -0.639. The van der Waals surface area contributed by atoms with Crippen LogP contribution in [0.3, 0.4) is 0 Å². The van der Waals surface area contributed by atoms with Gasteiger partial charge in [0.15, 0.2) is 11.6 Å². The van der Waals surface area contributed by atoms with E-state index < -0.39 is 11.6 Å². The fourth-order valence-electron chi connectivity index (χ4n) is 3.49. The Morgan fingerprint density at radius 2 is 1.61 bits per heavy atom. The topological polar surface area (TPSA) is 12.4 Å². The van der Waals surface area contributed by atoms with E-state index in [0.717, 1.165) is 32.1 Å². The van der Waals surface area contributed by atoms with Crippen LogP contribution in [0, 0.1) is 23.5 Å². The van der Waals surface area contributed by atoms with Gasteiger partial charge >= 0.3 is 0 Å². The predicted octanol–water partition coefficient (Wildman–Crippen LogP) is 6.30. The molecule has 0 bridgehead atoms. The van der Waals surface area contributed by atoms with Crippen molar-refractivity contribution < 1.29 is 13.2 Å². The van der Waals surface area contributed by atoms with Crippen molar-refractivity contribution in [1.29, 1.82) is 0 Å². The minimum Gasteiger partial charge on any atom is -0.258 e. The molecule has 0 aromatic heterocycles. The first-order chi connectivity index (χ1) is 11.1. The second kappa shape index (κ2) is 8.90. The largest absolute Gasteiger partial charge is 0.258 e. The summed E-state index contributed by atoms with van der Waals surface area (Å²) >= 11 is 0. The fourth-order valence-corrected chi connectivity index (χ4v) is 3.49. The molecular weight excluding hydrogens is 299 g/mol. The van der Waals surface area contributed by atoms with Crippen molar-refractivity contribution in [3.63, 3.8) is 0 Å². The Bertz CT molecular complexity index is 523. The molecule has 4 heteroatoms. The van der Waals surface area contributed by atoms with Crippen LogP contribution >= 0.6 is 0 Å². The van der Waals surface area contributed by atoms with Crippen LogP contribution in [0.5, 0.6) is 0 Å². The van der Waals surface area contributed by atoms with Crippen LogP contribution in [0.1, 0.15) is 50.5 Å². The van der Waals surface area contributed by atoms with Crippen LogP contribution < -0.4 is 0 Å². The summed E-state index contributed by atoms with van der Waals surface area (Å²) < 4.78 is 39.3. The summed E-state index contributed by atoms with van der Waals surface area (Å²) in [5.41, 5.74) is 0.388. The number of allylic oxidation sites excluding steroid dienone is 1. The minimum absolute atomic E-state index is 0.295. The van der Waals surface area contributed by atoms with Gasteiger partial charge in [-0.2, -0.15) is 0 Å². The first-order valence-electron chi connectivity index (χ1n) is 8.34. The van der Waals surface area contributed by atoms with E-state index in [1.165, 1.54) is 25.0 Å². The van der Waals surface area contributed by atoms with Gasteiger partial charge in [0.25, 0.3) is 0 Å². The van der Waals surface area contributed by atoms with Crippen LogP contribution in [0.25, 0.3) is 0 Å². The molecule has 23 heavy (non-hydrogen) atoms. The molecule has 1 aromatic carbocycles. The van der Waals surface area contributed by atoms with Gasteiger partial charge in [-0.3, -0.25) is 4.99 Å². The van der Waals surface area contributed by atoms with Crippen molar-refractivity contribution in [3.05, 3.63) is 41.7 Å². The van der Waals surface area contributed by atoms with Crippen molar-refractivity contribution in [2.24, 2.45) is 16.8 Å². The third-order valence-electron chi connectivity index (χ3n) is 4.87. The highest BCUT2D eigenvalue weighted by atomic mass is 19.1. The molecule has 1 saturated carbocycles. The molecule has 1 fully saturated rings. The maximum atomic E-state index is 13.7. The van der Waals surface area contributed by atoms with Gasteiger partial charge in [-0.25, -0.2) is 13.2 Å². The maximum absolute atomic E-state index is 13.7. The van der Waals surface area contributed by atoms with Crippen molar-refractivity contribution in [2.45, 2.75) is 51.4 Å². The molecule has 1 aliphatic rings. The Morgan fingerprint density at radius 3 is 2.13 bits per heavy atom. The number of hydrogen-bond acceptors (Lipinski definition) is 1. The molecule has 0 saturated heterocycles. The predicted molar refractivity (Wildman–Crippen MR) is 88.8 cm³/mol. The number of nitrogens with zero attached hydrogens (tertiary/aromatic N) is 1. The zero-order valence-electron chi connectivity index (χ0n) is 13.4. The third kappa shape index (κ3) is 5.22. The quantitative estimate of drug-likeness (QED) is 0.522. The van der Waals surface area contributed by atoms with Gasteiger partial charge in [0.1, 0.15) is 5.69 Å². The fraction of sp³-hybridized carbons (Fsp3) is 0.526. The second-order valence-corrected chi connectivity index (χ2v) is 6.43. The molecule has 1 aromatic rings. The average molecular weight is 323 g/mol. The standard InChI is InChI=1S/C19H24F3N/c1-23-19-17(21)12-16(13-18(19)22)10-9-15-7-5-14(6-8-15)4-2-3-11-20/h3,11-15H,1-2,4-10H2. The molecule has 126 valence electrons. The van der Waals surface area contributed by atoms with Gasteiger partial charge in [0.2, 0.25) is 0 Å². The number of benzene rings is 1. The van der Waals surface area contributed by atoms with Crippen LogP contribution in [0.2, 0.25) is 0 Å². The van der Waals surface area contributed by atoms with Crippen LogP contribution in [-0.4, -0.2) is 6.72 Å². The van der Waals surface area contributed by atoms with Gasteiger partial charge in [-0.1, -0.05) is 31.8 Å². The summed E-state index contributed by atoms with van der Waals surface area (Å²) in [6.45, 7) is 3.18.